The fraction of sp³-hybridized carbons (Fsp3) is 0.350. The largest absolute Gasteiger partial charge is 0.507 e. The van der Waals surface area contributed by atoms with Crippen molar-refractivity contribution in [3.05, 3.63) is 59.7 Å². The molecule has 8 heteroatoms. The molecule has 0 aliphatic heterocycles. The van der Waals surface area contributed by atoms with Crippen molar-refractivity contribution in [2.24, 2.45) is 17.2 Å². The highest BCUT2D eigenvalue weighted by atomic mass is 16.5. The number of aromatic hydroxyl groups is 1. The molecular formula is C20H30N6O2. The van der Waals surface area contributed by atoms with E-state index in [1.54, 1.807) is 36.5 Å². The van der Waals surface area contributed by atoms with Gasteiger partial charge in [0.2, 0.25) is 0 Å². The maximum Gasteiger partial charge on any atom is 0.124 e. The molecule has 2 atom stereocenters. The van der Waals surface area contributed by atoms with Gasteiger partial charge in [-0.2, -0.15) is 5.10 Å². The van der Waals surface area contributed by atoms with Gasteiger partial charge < -0.3 is 32.4 Å². The standard InChI is InChI=1S/C20H30N6O2/c1-4-28-19(11-24-3)13(2)26-12-14(10-25-26)16(20(22)23)9-17(21)15-7-5-6-8-18(15)27/h5-10,12-13,19,24,27H,4,11,21-23H2,1-3H3/b17-9-. The SMILES string of the molecule is CCOC(CNC)C(C)n1cc(C(/C=C(\N)c2ccccc2O)=C(N)N)cn1. The summed E-state index contributed by atoms with van der Waals surface area (Å²) >= 11 is 0. The molecule has 0 aliphatic rings. The van der Waals surface area contributed by atoms with Gasteiger partial charge in [0.15, 0.2) is 0 Å². The normalized spacial score (nSPS) is 13.9. The Balaban J connectivity index is 2.33. The van der Waals surface area contributed by atoms with E-state index < -0.39 is 0 Å². The summed E-state index contributed by atoms with van der Waals surface area (Å²) in [6, 6.07) is 6.81. The first-order valence-electron chi connectivity index (χ1n) is 9.20. The van der Waals surface area contributed by atoms with E-state index in [2.05, 4.69) is 10.4 Å². The van der Waals surface area contributed by atoms with E-state index in [0.717, 1.165) is 5.56 Å². The van der Waals surface area contributed by atoms with Crippen molar-refractivity contribution in [2.75, 3.05) is 20.2 Å². The molecule has 0 fully saturated rings. The molecule has 0 aliphatic carbocycles. The summed E-state index contributed by atoms with van der Waals surface area (Å²) in [5, 5.41) is 17.6. The topological polar surface area (TPSA) is 137 Å². The number of nitrogens with zero attached hydrogens (tertiary/aromatic N) is 2. The zero-order chi connectivity index (χ0) is 20.7. The number of aromatic nitrogens is 2. The predicted molar refractivity (Wildman–Crippen MR) is 112 cm³/mol. The number of hydrogen-bond acceptors (Lipinski definition) is 7. The highest BCUT2D eigenvalue weighted by molar-refractivity contribution is 5.84. The Morgan fingerprint density at radius 1 is 1.32 bits per heavy atom. The highest BCUT2D eigenvalue weighted by Gasteiger charge is 2.20. The lowest BCUT2D eigenvalue weighted by Gasteiger charge is -2.24. The van der Waals surface area contributed by atoms with Gasteiger partial charge in [-0.3, -0.25) is 4.68 Å². The Labute approximate surface area is 165 Å². The summed E-state index contributed by atoms with van der Waals surface area (Å²) in [5.74, 6) is 0.198. The molecule has 0 spiro atoms. The molecule has 0 radical (unpaired) electrons. The lowest BCUT2D eigenvalue weighted by molar-refractivity contribution is 0.0275. The van der Waals surface area contributed by atoms with Crippen LogP contribution in [-0.4, -0.2) is 41.2 Å². The predicted octanol–water partition coefficient (Wildman–Crippen LogP) is 1.36. The maximum atomic E-state index is 10.0. The minimum atomic E-state index is -0.0349. The van der Waals surface area contributed by atoms with Crippen molar-refractivity contribution in [3.8, 4) is 5.75 Å². The summed E-state index contributed by atoms with van der Waals surface area (Å²) in [4.78, 5) is 0. The third kappa shape index (κ3) is 5.05. The molecule has 0 saturated heterocycles. The Bertz CT molecular complexity index is 833. The molecule has 2 aromatic rings. The van der Waals surface area contributed by atoms with Crippen molar-refractivity contribution in [2.45, 2.75) is 26.0 Å². The quantitative estimate of drug-likeness (QED) is 0.410. The average molecular weight is 387 g/mol. The van der Waals surface area contributed by atoms with Crippen LogP contribution in [0.1, 0.15) is 31.0 Å². The molecule has 0 saturated carbocycles. The van der Waals surface area contributed by atoms with Gasteiger partial charge in [0.1, 0.15) is 11.6 Å². The van der Waals surface area contributed by atoms with Crippen LogP contribution >= 0.6 is 0 Å². The molecule has 0 amide bonds. The number of rotatable bonds is 9. The van der Waals surface area contributed by atoms with Crippen LogP contribution in [0, 0.1) is 0 Å². The van der Waals surface area contributed by atoms with Crippen LogP contribution in [0.2, 0.25) is 0 Å². The number of nitrogens with two attached hydrogens (primary N) is 3. The molecule has 8 nitrogen and oxygen atoms in total. The number of para-hydroxylation sites is 1. The van der Waals surface area contributed by atoms with Crippen LogP contribution in [0.5, 0.6) is 5.75 Å². The number of allylic oxidation sites excluding steroid dienone is 2. The van der Waals surface area contributed by atoms with E-state index in [1.807, 2.05) is 31.8 Å². The minimum Gasteiger partial charge on any atom is -0.507 e. The smallest absolute Gasteiger partial charge is 0.124 e. The number of phenolic OH excluding ortho intramolecular Hbond substituents is 1. The molecule has 1 heterocycles. The molecule has 2 unspecified atom stereocenters. The zero-order valence-corrected chi connectivity index (χ0v) is 16.6. The number of ether oxygens (including phenoxy) is 1. The molecule has 152 valence electrons. The van der Waals surface area contributed by atoms with Crippen LogP contribution in [0.15, 0.2) is 48.6 Å². The van der Waals surface area contributed by atoms with Gasteiger partial charge in [-0.1, -0.05) is 12.1 Å². The van der Waals surface area contributed by atoms with E-state index in [1.165, 1.54) is 0 Å². The second kappa shape index (κ2) is 9.82. The minimum absolute atomic E-state index is 0.000827. The van der Waals surface area contributed by atoms with Crippen LogP contribution in [-0.2, 0) is 4.74 Å². The Morgan fingerprint density at radius 2 is 2.04 bits per heavy atom. The van der Waals surface area contributed by atoms with Crippen molar-refractivity contribution >= 4 is 11.3 Å². The molecule has 1 aromatic heterocycles. The monoisotopic (exact) mass is 386 g/mol. The Kier molecular flexibility index (Phi) is 7.48. The zero-order valence-electron chi connectivity index (χ0n) is 16.6. The van der Waals surface area contributed by atoms with Gasteiger partial charge in [0.25, 0.3) is 0 Å². The lowest BCUT2D eigenvalue weighted by Crippen LogP contribution is -2.34. The summed E-state index contributed by atoms with van der Waals surface area (Å²) in [7, 11) is 1.88. The third-order valence-corrected chi connectivity index (χ3v) is 4.48. The Morgan fingerprint density at radius 3 is 2.64 bits per heavy atom. The van der Waals surface area contributed by atoms with E-state index in [-0.39, 0.29) is 23.7 Å². The van der Waals surface area contributed by atoms with Crippen molar-refractivity contribution in [1.29, 1.82) is 0 Å². The number of phenols is 1. The third-order valence-electron chi connectivity index (χ3n) is 4.48. The van der Waals surface area contributed by atoms with Crippen LogP contribution in [0.3, 0.4) is 0 Å². The van der Waals surface area contributed by atoms with Crippen LogP contribution in [0.25, 0.3) is 11.3 Å². The van der Waals surface area contributed by atoms with E-state index in [4.69, 9.17) is 21.9 Å². The molecular weight excluding hydrogens is 356 g/mol. The number of hydrogen-bond donors (Lipinski definition) is 5. The molecule has 1 aromatic carbocycles. The van der Waals surface area contributed by atoms with Crippen LogP contribution in [0.4, 0.5) is 0 Å². The van der Waals surface area contributed by atoms with Gasteiger partial charge in [-0.25, -0.2) is 0 Å². The van der Waals surface area contributed by atoms with Crippen molar-refractivity contribution in [1.82, 2.24) is 15.1 Å². The first-order chi connectivity index (χ1) is 13.4. The number of benzene rings is 1. The van der Waals surface area contributed by atoms with E-state index >= 15 is 0 Å². The van der Waals surface area contributed by atoms with Gasteiger partial charge in [0.05, 0.1) is 18.3 Å². The molecule has 8 N–H and O–H groups in total. The summed E-state index contributed by atoms with van der Waals surface area (Å²) in [5.41, 5.74) is 20.1. The first kappa shape index (κ1) is 21.3. The summed E-state index contributed by atoms with van der Waals surface area (Å²) in [6.45, 7) is 5.32. The van der Waals surface area contributed by atoms with E-state index in [0.29, 0.717) is 30.0 Å². The fourth-order valence-corrected chi connectivity index (χ4v) is 2.94. The summed E-state index contributed by atoms with van der Waals surface area (Å²) in [6.07, 6.45) is 5.15. The Hall–Kier alpha value is -2.97. The van der Waals surface area contributed by atoms with Gasteiger partial charge >= 0.3 is 0 Å². The average Bonchev–Trinajstić information content (AvgIpc) is 3.15. The van der Waals surface area contributed by atoms with Gasteiger partial charge in [-0.05, 0) is 39.1 Å². The number of likely N-dealkylation sites (N-methyl/N-ethyl adjacent to an activating group) is 1. The fourth-order valence-electron chi connectivity index (χ4n) is 2.94. The number of nitrogens with one attached hydrogen (secondary N) is 1. The first-order valence-corrected chi connectivity index (χ1v) is 9.20. The highest BCUT2D eigenvalue weighted by Crippen LogP contribution is 2.26. The van der Waals surface area contributed by atoms with Gasteiger partial charge in [0, 0.05) is 41.7 Å². The second-order valence-corrected chi connectivity index (χ2v) is 6.49. The summed E-state index contributed by atoms with van der Waals surface area (Å²) < 4.78 is 7.63. The second-order valence-electron chi connectivity index (χ2n) is 6.49. The van der Waals surface area contributed by atoms with Crippen molar-refractivity contribution < 1.29 is 9.84 Å². The van der Waals surface area contributed by atoms with Crippen LogP contribution < -0.4 is 22.5 Å². The molecule has 2 rings (SSSR count). The van der Waals surface area contributed by atoms with E-state index in [9.17, 15) is 5.11 Å². The lowest BCUT2D eigenvalue weighted by atomic mass is 10.0. The molecule has 0 bridgehead atoms. The molecule has 28 heavy (non-hydrogen) atoms. The maximum absolute atomic E-state index is 10.0. The van der Waals surface area contributed by atoms with Gasteiger partial charge in [-0.15, -0.1) is 0 Å². The van der Waals surface area contributed by atoms with Crippen molar-refractivity contribution in [3.63, 3.8) is 0 Å².